The second kappa shape index (κ2) is 11.6. The lowest BCUT2D eigenvalue weighted by atomic mass is 10.1. The SMILES string of the molecule is COc1c(C)cnc(CN2C(=O)C(=Cc3cc(C(=O)NCCCN4CCCC4)c[nH]3)c3c(Cl)nc(N)nc32)c1C. The molecule has 5 heterocycles. The molecule has 2 aliphatic heterocycles. The van der Waals surface area contributed by atoms with Crippen molar-refractivity contribution in [2.45, 2.75) is 39.7 Å². The number of aromatic amines is 1. The molecule has 40 heavy (non-hydrogen) atoms. The number of halogens is 1. The van der Waals surface area contributed by atoms with Crippen molar-refractivity contribution in [3.8, 4) is 5.75 Å². The number of methoxy groups -OCH3 is 1. The Balaban J connectivity index is 1.36. The number of rotatable bonds is 9. The summed E-state index contributed by atoms with van der Waals surface area (Å²) in [5.41, 5.74) is 9.97. The van der Waals surface area contributed by atoms with E-state index in [1.165, 1.54) is 17.7 Å². The van der Waals surface area contributed by atoms with E-state index >= 15 is 0 Å². The van der Waals surface area contributed by atoms with Crippen LogP contribution in [0.15, 0.2) is 18.5 Å². The van der Waals surface area contributed by atoms with E-state index in [1.54, 1.807) is 31.6 Å². The standard InChI is InChI=1S/C28H33ClN8O3/c1-16-13-33-21(17(2)23(16)40-3)15-37-25-22(24(29)34-28(30)35-25)20(27(37)39)12-19-11-18(14-32-19)26(38)31-7-6-10-36-8-4-5-9-36/h11-14,32H,4-10,15H2,1-3H3,(H,31,38)(H2,30,34,35). The molecule has 0 aliphatic carbocycles. The highest BCUT2D eigenvalue weighted by Gasteiger charge is 2.37. The molecule has 5 rings (SSSR count). The molecule has 0 radical (unpaired) electrons. The highest BCUT2D eigenvalue weighted by atomic mass is 35.5. The van der Waals surface area contributed by atoms with E-state index in [0.29, 0.717) is 40.6 Å². The number of nitrogens with two attached hydrogens (primary N) is 1. The number of carbonyl (C=O) groups is 2. The number of hydrogen-bond acceptors (Lipinski definition) is 8. The smallest absolute Gasteiger partial charge is 0.260 e. The minimum atomic E-state index is -0.333. The summed E-state index contributed by atoms with van der Waals surface area (Å²) in [6.45, 7) is 7.80. The van der Waals surface area contributed by atoms with Crippen molar-refractivity contribution in [2.75, 3.05) is 43.9 Å². The Labute approximate surface area is 237 Å². The minimum absolute atomic E-state index is 0.0440. The van der Waals surface area contributed by atoms with E-state index in [9.17, 15) is 9.59 Å². The first kappa shape index (κ1) is 27.6. The molecular formula is C28H33ClN8O3. The number of H-pyrrole nitrogens is 1. The third-order valence-electron chi connectivity index (χ3n) is 7.32. The number of aromatic nitrogens is 4. The van der Waals surface area contributed by atoms with Crippen LogP contribution in [0.3, 0.4) is 0 Å². The molecule has 3 aromatic rings. The molecule has 1 saturated heterocycles. The monoisotopic (exact) mass is 564 g/mol. The van der Waals surface area contributed by atoms with Gasteiger partial charge in [-0.1, -0.05) is 11.6 Å². The van der Waals surface area contributed by atoms with Crippen LogP contribution in [0.5, 0.6) is 5.75 Å². The summed E-state index contributed by atoms with van der Waals surface area (Å²) in [6, 6.07) is 1.70. The minimum Gasteiger partial charge on any atom is -0.496 e. The van der Waals surface area contributed by atoms with Crippen molar-refractivity contribution in [1.82, 2.24) is 30.2 Å². The molecular weight excluding hydrogens is 532 g/mol. The Kier molecular flexibility index (Phi) is 8.04. The Bertz CT molecular complexity index is 1480. The zero-order chi connectivity index (χ0) is 28.4. The number of aryl methyl sites for hydroxylation is 1. The predicted octanol–water partition coefficient (Wildman–Crippen LogP) is 3.36. The van der Waals surface area contributed by atoms with Crippen molar-refractivity contribution in [3.05, 3.63) is 57.3 Å². The van der Waals surface area contributed by atoms with Crippen LogP contribution in [0.4, 0.5) is 11.8 Å². The predicted molar refractivity (Wildman–Crippen MR) is 154 cm³/mol. The molecule has 2 aliphatic rings. The molecule has 2 amide bonds. The summed E-state index contributed by atoms with van der Waals surface area (Å²) in [5, 5.41) is 3.04. The molecule has 0 saturated carbocycles. The van der Waals surface area contributed by atoms with Crippen LogP contribution in [0.1, 0.15) is 57.7 Å². The van der Waals surface area contributed by atoms with Gasteiger partial charge in [-0.05, 0) is 64.9 Å². The van der Waals surface area contributed by atoms with Gasteiger partial charge in [-0.25, -0.2) is 4.98 Å². The van der Waals surface area contributed by atoms with Crippen LogP contribution in [0.25, 0.3) is 11.6 Å². The maximum absolute atomic E-state index is 13.7. The van der Waals surface area contributed by atoms with Gasteiger partial charge in [0.15, 0.2) is 5.82 Å². The van der Waals surface area contributed by atoms with Gasteiger partial charge < -0.3 is 25.7 Å². The number of amides is 2. The van der Waals surface area contributed by atoms with Gasteiger partial charge in [0.05, 0.1) is 36.0 Å². The largest absolute Gasteiger partial charge is 0.496 e. The summed E-state index contributed by atoms with van der Waals surface area (Å²) < 4.78 is 5.53. The summed E-state index contributed by atoms with van der Waals surface area (Å²) >= 11 is 6.48. The summed E-state index contributed by atoms with van der Waals surface area (Å²) in [4.78, 5) is 46.3. The van der Waals surface area contributed by atoms with Crippen molar-refractivity contribution < 1.29 is 14.3 Å². The fourth-order valence-corrected chi connectivity index (χ4v) is 5.54. The van der Waals surface area contributed by atoms with Gasteiger partial charge in [0.25, 0.3) is 11.8 Å². The van der Waals surface area contributed by atoms with E-state index in [2.05, 4.69) is 30.2 Å². The molecule has 12 heteroatoms. The van der Waals surface area contributed by atoms with Gasteiger partial charge in [-0.15, -0.1) is 0 Å². The Hall–Kier alpha value is -3.96. The lowest BCUT2D eigenvalue weighted by Crippen LogP contribution is -2.28. The lowest BCUT2D eigenvalue weighted by molar-refractivity contribution is -0.113. The van der Waals surface area contributed by atoms with Crippen molar-refractivity contribution >= 4 is 46.8 Å². The summed E-state index contributed by atoms with van der Waals surface area (Å²) in [7, 11) is 1.60. The van der Waals surface area contributed by atoms with Crippen LogP contribution in [0, 0.1) is 13.8 Å². The van der Waals surface area contributed by atoms with Gasteiger partial charge in [-0.3, -0.25) is 19.5 Å². The van der Waals surface area contributed by atoms with E-state index in [-0.39, 0.29) is 35.0 Å². The van der Waals surface area contributed by atoms with Gasteiger partial charge in [0.2, 0.25) is 5.95 Å². The summed E-state index contributed by atoms with van der Waals surface area (Å²) in [6.07, 6.45) is 8.37. The second-order valence-corrected chi connectivity index (χ2v) is 10.4. The molecule has 0 spiro atoms. The topological polar surface area (TPSA) is 142 Å². The number of carbonyl (C=O) groups excluding carboxylic acids is 2. The van der Waals surface area contributed by atoms with Crippen LogP contribution >= 0.6 is 11.6 Å². The van der Waals surface area contributed by atoms with Crippen LogP contribution in [0.2, 0.25) is 5.15 Å². The average molecular weight is 565 g/mol. The Morgan fingerprint density at radius 2 is 2.05 bits per heavy atom. The third kappa shape index (κ3) is 5.52. The number of nitrogen functional groups attached to an aromatic ring is 1. The first-order valence-electron chi connectivity index (χ1n) is 13.3. The molecule has 0 bridgehead atoms. The lowest BCUT2D eigenvalue weighted by Gasteiger charge is -2.19. The molecule has 1 fully saturated rings. The molecule has 3 aromatic heterocycles. The fraction of sp³-hybridized carbons (Fsp3) is 0.393. The number of fused-ring (bicyclic) bond motifs is 1. The third-order valence-corrected chi connectivity index (χ3v) is 7.60. The van der Waals surface area contributed by atoms with Crippen LogP contribution < -0.4 is 20.7 Å². The molecule has 210 valence electrons. The highest BCUT2D eigenvalue weighted by molar-refractivity contribution is 6.41. The zero-order valence-corrected chi connectivity index (χ0v) is 23.6. The van der Waals surface area contributed by atoms with Gasteiger partial charge in [0.1, 0.15) is 10.9 Å². The van der Waals surface area contributed by atoms with Gasteiger partial charge in [-0.2, -0.15) is 4.98 Å². The van der Waals surface area contributed by atoms with E-state index < -0.39 is 0 Å². The van der Waals surface area contributed by atoms with E-state index in [1.807, 2.05) is 13.8 Å². The van der Waals surface area contributed by atoms with Gasteiger partial charge >= 0.3 is 0 Å². The van der Waals surface area contributed by atoms with Crippen molar-refractivity contribution in [1.29, 1.82) is 0 Å². The quantitative estimate of drug-likeness (QED) is 0.204. The van der Waals surface area contributed by atoms with Crippen molar-refractivity contribution in [3.63, 3.8) is 0 Å². The molecule has 4 N–H and O–H groups in total. The first-order chi connectivity index (χ1) is 19.3. The number of likely N-dealkylation sites (tertiary alicyclic amines) is 1. The number of pyridine rings is 1. The number of hydrogen-bond donors (Lipinski definition) is 3. The average Bonchev–Trinajstić information content (AvgIpc) is 3.66. The fourth-order valence-electron chi connectivity index (χ4n) is 5.27. The molecule has 0 aromatic carbocycles. The number of nitrogens with one attached hydrogen (secondary N) is 2. The highest BCUT2D eigenvalue weighted by Crippen LogP contribution is 2.41. The number of ether oxygens (including phenoxy) is 1. The number of nitrogens with zero attached hydrogens (tertiary/aromatic N) is 5. The zero-order valence-electron chi connectivity index (χ0n) is 22.9. The first-order valence-corrected chi connectivity index (χ1v) is 13.7. The molecule has 11 nitrogen and oxygen atoms in total. The summed E-state index contributed by atoms with van der Waals surface area (Å²) in [5.74, 6) is 0.460. The van der Waals surface area contributed by atoms with Gasteiger partial charge in [0, 0.05) is 35.8 Å². The molecule has 0 unspecified atom stereocenters. The maximum atomic E-state index is 13.7. The van der Waals surface area contributed by atoms with Crippen molar-refractivity contribution in [2.24, 2.45) is 0 Å². The Morgan fingerprint density at radius 1 is 1.27 bits per heavy atom. The second-order valence-electron chi connectivity index (χ2n) is 10.1. The van der Waals surface area contributed by atoms with E-state index in [4.69, 9.17) is 22.1 Å². The number of anilines is 2. The maximum Gasteiger partial charge on any atom is 0.260 e. The van der Waals surface area contributed by atoms with Crippen LogP contribution in [-0.4, -0.2) is 69.9 Å². The van der Waals surface area contributed by atoms with Crippen LogP contribution in [-0.2, 0) is 11.3 Å². The Morgan fingerprint density at radius 3 is 2.80 bits per heavy atom. The molecule has 0 atom stereocenters. The van der Waals surface area contributed by atoms with E-state index in [0.717, 1.165) is 37.2 Å². The normalized spacial score (nSPS) is 16.1.